The maximum Gasteiger partial charge on any atom is 0.143 e. The van der Waals surface area contributed by atoms with Crippen LogP contribution in [0.15, 0.2) is 42.5 Å². The van der Waals surface area contributed by atoms with Crippen LogP contribution in [-0.4, -0.2) is 0 Å². The van der Waals surface area contributed by atoms with E-state index in [9.17, 15) is 4.39 Å². The van der Waals surface area contributed by atoms with E-state index in [1.165, 1.54) is 6.07 Å². The first-order chi connectivity index (χ1) is 9.24. The zero-order valence-electron chi connectivity index (χ0n) is 10.0. The highest BCUT2D eigenvalue weighted by molar-refractivity contribution is 5.58. The van der Waals surface area contributed by atoms with Gasteiger partial charge in [0.05, 0.1) is 17.3 Å². The molecule has 0 saturated heterocycles. The average molecular weight is 251 g/mol. The second-order valence-corrected chi connectivity index (χ2v) is 3.94. The van der Waals surface area contributed by atoms with Crippen LogP contribution in [0.4, 0.5) is 10.1 Å². The third-order valence-corrected chi connectivity index (χ3v) is 2.69. The Labute approximate surface area is 110 Å². The van der Waals surface area contributed by atoms with Crippen molar-refractivity contribution in [2.24, 2.45) is 0 Å². The molecule has 19 heavy (non-hydrogen) atoms. The van der Waals surface area contributed by atoms with Crippen LogP contribution in [0, 0.1) is 28.5 Å². The molecule has 0 radical (unpaired) electrons. The van der Waals surface area contributed by atoms with Crippen LogP contribution in [0.3, 0.4) is 0 Å². The fourth-order valence-corrected chi connectivity index (χ4v) is 1.68. The second kappa shape index (κ2) is 5.66. The van der Waals surface area contributed by atoms with E-state index in [1.54, 1.807) is 24.3 Å². The average Bonchev–Trinajstić information content (AvgIpc) is 2.45. The first-order valence-electron chi connectivity index (χ1n) is 5.66. The SMILES string of the molecule is N#Cc1ccc(CNc2cccc(F)c2C#N)cc1. The topological polar surface area (TPSA) is 59.6 Å². The van der Waals surface area contributed by atoms with Crippen molar-refractivity contribution in [1.82, 2.24) is 0 Å². The van der Waals surface area contributed by atoms with Crippen LogP contribution in [0.25, 0.3) is 0 Å². The van der Waals surface area contributed by atoms with Gasteiger partial charge in [-0.2, -0.15) is 10.5 Å². The van der Waals surface area contributed by atoms with E-state index in [2.05, 4.69) is 5.32 Å². The van der Waals surface area contributed by atoms with Crippen LogP contribution in [-0.2, 0) is 6.54 Å². The number of hydrogen-bond donors (Lipinski definition) is 1. The van der Waals surface area contributed by atoms with Gasteiger partial charge in [-0.1, -0.05) is 18.2 Å². The molecular weight excluding hydrogens is 241 g/mol. The van der Waals surface area contributed by atoms with Gasteiger partial charge in [0, 0.05) is 6.54 Å². The normalized spacial score (nSPS) is 9.42. The Morgan fingerprint density at radius 1 is 1.00 bits per heavy atom. The molecule has 0 aromatic heterocycles. The maximum absolute atomic E-state index is 13.4. The third-order valence-electron chi connectivity index (χ3n) is 2.69. The molecule has 92 valence electrons. The molecule has 4 heteroatoms. The minimum absolute atomic E-state index is 0.0103. The molecule has 0 amide bonds. The Morgan fingerprint density at radius 3 is 2.37 bits per heavy atom. The molecule has 1 N–H and O–H groups in total. The third kappa shape index (κ3) is 2.88. The summed E-state index contributed by atoms with van der Waals surface area (Å²) < 4.78 is 13.4. The molecule has 0 aliphatic rings. The predicted molar refractivity (Wildman–Crippen MR) is 69.6 cm³/mol. The van der Waals surface area contributed by atoms with Crippen molar-refractivity contribution in [2.75, 3.05) is 5.32 Å². The molecule has 0 saturated carbocycles. The van der Waals surface area contributed by atoms with Crippen LogP contribution in [0.5, 0.6) is 0 Å². The molecular formula is C15H10FN3. The maximum atomic E-state index is 13.4. The van der Waals surface area contributed by atoms with Crippen molar-refractivity contribution in [3.05, 3.63) is 65.0 Å². The lowest BCUT2D eigenvalue weighted by molar-refractivity contribution is 0.624. The van der Waals surface area contributed by atoms with Crippen molar-refractivity contribution >= 4 is 5.69 Å². The predicted octanol–water partition coefficient (Wildman–Crippen LogP) is 3.18. The summed E-state index contributed by atoms with van der Waals surface area (Å²) in [5.41, 5.74) is 2.02. The van der Waals surface area contributed by atoms with Crippen LogP contribution < -0.4 is 5.32 Å². The summed E-state index contributed by atoms with van der Waals surface area (Å²) in [5, 5.41) is 20.6. The van der Waals surface area contributed by atoms with Crippen LogP contribution in [0.2, 0.25) is 0 Å². The van der Waals surface area contributed by atoms with Crippen molar-refractivity contribution in [1.29, 1.82) is 10.5 Å². The zero-order valence-corrected chi connectivity index (χ0v) is 10.0. The first-order valence-corrected chi connectivity index (χ1v) is 5.66. The van der Waals surface area contributed by atoms with Gasteiger partial charge in [0.25, 0.3) is 0 Å². The van der Waals surface area contributed by atoms with Crippen molar-refractivity contribution in [3.63, 3.8) is 0 Å². The number of benzene rings is 2. The van der Waals surface area contributed by atoms with Gasteiger partial charge in [0.1, 0.15) is 17.4 Å². The molecule has 2 aromatic rings. The van der Waals surface area contributed by atoms with Gasteiger partial charge in [-0.3, -0.25) is 0 Å². The molecule has 3 nitrogen and oxygen atoms in total. The Bertz CT molecular complexity index is 663. The quantitative estimate of drug-likeness (QED) is 0.911. The minimum atomic E-state index is -0.535. The summed E-state index contributed by atoms with van der Waals surface area (Å²) in [6.45, 7) is 0.462. The number of halogens is 1. The largest absolute Gasteiger partial charge is 0.380 e. The van der Waals surface area contributed by atoms with Gasteiger partial charge in [0.15, 0.2) is 0 Å². The molecule has 0 aliphatic heterocycles. The van der Waals surface area contributed by atoms with Crippen LogP contribution >= 0.6 is 0 Å². The fourth-order valence-electron chi connectivity index (χ4n) is 1.68. The monoisotopic (exact) mass is 251 g/mol. The van der Waals surface area contributed by atoms with Crippen molar-refractivity contribution in [3.8, 4) is 12.1 Å². The van der Waals surface area contributed by atoms with Crippen molar-refractivity contribution in [2.45, 2.75) is 6.54 Å². The van der Waals surface area contributed by atoms with E-state index >= 15 is 0 Å². The Morgan fingerprint density at radius 2 is 1.74 bits per heavy atom. The van der Waals surface area contributed by atoms with Gasteiger partial charge >= 0.3 is 0 Å². The number of anilines is 1. The highest BCUT2D eigenvalue weighted by Gasteiger charge is 2.06. The smallest absolute Gasteiger partial charge is 0.143 e. The van der Waals surface area contributed by atoms with Gasteiger partial charge < -0.3 is 5.32 Å². The lowest BCUT2D eigenvalue weighted by atomic mass is 10.1. The molecule has 0 unspecified atom stereocenters. The number of nitrogens with one attached hydrogen (secondary N) is 1. The molecule has 0 aliphatic carbocycles. The van der Waals surface area contributed by atoms with Gasteiger partial charge in [-0.05, 0) is 29.8 Å². The second-order valence-electron chi connectivity index (χ2n) is 3.94. The van der Waals surface area contributed by atoms with E-state index in [4.69, 9.17) is 10.5 Å². The standard InChI is InChI=1S/C15H10FN3/c16-14-2-1-3-15(13(14)9-18)19-10-12-6-4-11(8-17)5-7-12/h1-7,19H,10H2. The minimum Gasteiger partial charge on any atom is -0.380 e. The lowest BCUT2D eigenvalue weighted by Crippen LogP contribution is -2.02. The molecule has 2 aromatic carbocycles. The van der Waals surface area contributed by atoms with E-state index in [-0.39, 0.29) is 5.56 Å². The molecule has 0 fully saturated rings. The number of rotatable bonds is 3. The van der Waals surface area contributed by atoms with E-state index in [1.807, 2.05) is 24.3 Å². The van der Waals surface area contributed by atoms with Gasteiger partial charge in [0.2, 0.25) is 0 Å². The Kier molecular flexibility index (Phi) is 3.75. The number of nitriles is 2. The zero-order chi connectivity index (χ0) is 13.7. The lowest BCUT2D eigenvalue weighted by Gasteiger charge is -2.08. The van der Waals surface area contributed by atoms with E-state index in [0.717, 1.165) is 5.56 Å². The van der Waals surface area contributed by atoms with E-state index < -0.39 is 5.82 Å². The highest BCUT2D eigenvalue weighted by atomic mass is 19.1. The first kappa shape index (κ1) is 12.6. The van der Waals surface area contributed by atoms with Crippen molar-refractivity contribution < 1.29 is 4.39 Å². The molecule has 2 rings (SSSR count). The van der Waals surface area contributed by atoms with Gasteiger partial charge in [-0.25, -0.2) is 4.39 Å². The highest BCUT2D eigenvalue weighted by Crippen LogP contribution is 2.18. The molecule has 0 heterocycles. The van der Waals surface area contributed by atoms with E-state index in [0.29, 0.717) is 17.8 Å². The number of hydrogen-bond acceptors (Lipinski definition) is 3. The molecule has 0 spiro atoms. The summed E-state index contributed by atoms with van der Waals surface area (Å²) >= 11 is 0. The molecule has 0 bridgehead atoms. The van der Waals surface area contributed by atoms with Crippen LogP contribution in [0.1, 0.15) is 16.7 Å². The summed E-state index contributed by atoms with van der Waals surface area (Å²) in [5.74, 6) is -0.535. The Balaban J connectivity index is 2.13. The fraction of sp³-hybridized carbons (Fsp3) is 0.0667. The summed E-state index contributed by atoms with van der Waals surface area (Å²) in [7, 11) is 0. The summed E-state index contributed by atoms with van der Waals surface area (Å²) in [6, 6.07) is 15.4. The number of nitrogens with zero attached hydrogens (tertiary/aromatic N) is 2. The summed E-state index contributed by atoms with van der Waals surface area (Å²) in [6.07, 6.45) is 0. The van der Waals surface area contributed by atoms with Gasteiger partial charge in [-0.15, -0.1) is 0 Å². The Hall–Kier alpha value is -2.85. The summed E-state index contributed by atoms with van der Waals surface area (Å²) in [4.78, 5) is 0. The molecule has 0 atom stereocenters.